The van der Waals surface area contributed by atoms with Gasteiger partial charge >= 0.3 is 18.0 Å². The highest BCUT2D eigenvalue weighted by molar-refractivity contribution is 7.86. The summed E-state index contributed by atoms with van der Waals surface area (Å²) in [5, 5.41) is 18.2. The maximum absolute atomic E-state index is 14.6. The van der Waals surface area contributed by atoms with Crippen molar-refractivity contribution in [3.8, 4) is 29.0 Å². The molecule has 0 unspecified atom stereocenters. The van der Waals surface area contributed by atoms with Crippen LogP contribution in [0.3, 0.4) is 0 Å². The van der Waals surface area contributed by atoms with E-state index in [9.17, 15) is 64.3 Å². The summed E-state index contributed by atoms with van der Waals surface area (Å²) in [5.41, 5.74) is 1.61. The van der Waals surface area contributed by atoms with E-state index in [1.807, 2.05) is 14.7 Å². The first-order valence-electron chi connectivity index (χ1n) is 39.3. The first kappa shape index (κ1) is 87.1. The predicted molar refractivity (Wildman–Crippen MR) is 426 cm³/mol. The summed E-state index contributed by atoms with van der Waals surface area (Å²) in [7, 11) is -4.10. The molecule has 8 aliphatic heterocycles. The first-order valence-corrected chi connectivity index (χ1v) is 40.2. The number of pyridine rings is 3. The second kappa shape index (κ2) is 36.7. The van der Waals surface area contributed by atoms with Crippen molar-refractivity contribution in [1.82, 2.24) is 84.1 Å². The molecular formula is C78H94F4N20O19S. The van der Waals surface area contributed by atoms with Gasteiger partial charge in [-0.25, -0.2) is 66.0 Å². The van der Waals surface area contributed by atoms with E-state index in [-0.39, 0.29) is 159 Å². The van der Waals surface area contributed by atoms with Gasteiger partial charge in [0.2, 0.25) is 29.5 Å². The van der Waals surface area contributed by atoms with Crippen LogP contribution < -0.4 is 54.6 Å². The van der Waals surface area contributed by atoms with Crippen LogP contribution in [0, 0.1) is 17.5 Å². The van der Waals surface area contributed by atoms with E-state index in [2.05, 4.69) is 50.0 Å². The van der Waals surface area contributed by atoms with Crippen LogP contribution in [-0.2, 0) is 62.5 Å². The zero-order valence-electron chi connectivity index (χ0n) is 68.7. The number of nitrogens with one attached hydrogen (secondary N) is 3. The van der Waals surface area contributed by atoms with Gasteiger partial charge in [-0.3, -0.25) is 32.5 Å². The lowest BCUT2D eigenvalue weighted by molar-refractivity contribution is -0.128. The second-order valence-electron chi connectivity index (χ2n) is 30.3. The average molecular weight is 1720 g/mol. The molecule has 9 aromatic heterocycles. The van der Waals surface area contributed by atoms with Crippen LogP contribution >= 0.6 is 0 Å². The molecule has 0 aliphatic carbocycles. The van der Waals surface area contributed by atoms with Gasteiger partial charge in [0.1, 0.15) is 70.3 Å². The first-order chi connectivity index (χ1) is 58.1. The third-order valence-electron chi connectivity index (χ3n) is 20.4. The number of rotatable bonds is 12. The number of H-pyrrole nitrogens is 1. The summed E-state index contributed by atoms with van der Waals surface area (Å²) >= 11 is 0. The Hall–Kier alpha value is -12.8. The van der Waals surface area contributed by atoms with E-state index in [0.717, 1.165) is 18.6 Å². The zero-order chi connectivity index (χ0) is 87.5. The number of hydrogen-bond donors (Lipinski definition) is 3. The van der Waals surface area contributed by atoms with E-state index in [0.29, 0.717) is 103 Å². The van der Waals surface area contributed by atoms with Gasteiger partial charge in [-0.2, -0.15) is 23.7 Å². The number of likely N-dealkylation sites (tertiary alicyclic amines) is 3. The highest BCUT2D eigenvalue weighted by Gasteiger charge is 2.49. The van der Waals surface area contributed by atoms with Crippen molar-refractivity contribution in [2.75, 3.05) is 93.2 Å². The number of hydrogen-bond acceptors (Lipinski definition) is 30. The van der Waals surface area contributed by atoms with Crippen LogP contribution in [0.2, 0.25) is 0 Å². The second-order valence-corrected chi connectivity index (χ2v) is 32.1. The van der Waals surface area contributed by atoms with Gasteiger partial charge in [0.25, 0.3) is 21.6 Å². The standard InChI is InChI=1S/C29H36FN7O7.C22H22FN7O4.C21H21FN6O5.C4H8O3S.CH3F.CH4/c1-7-41-27(39)20-11-33-37-15-23-25(34-24(20)37)36(21-13-35(17(3)38)14-22(21)43-23)12-18-8-19(30)10-31-26(18)42-16(2)9-32-28(40)44-29(4,5)6;1-11-4-24-21(32)15-6-26-30-10-18-20(27-19(15)30)29(7-13-3-14(23)5-25-22(13)33-11)16-8-28(12(2)31)9-17(16)34-18;1-3-32-21(31)14-6-24-28-10-17-19(25-18(14)28)27(7-12-4-13(22)5-23-20(12)30)15-8-26(11(2)29)9-16(15)33-17;1-4-2-3-8(5,6)7-4;1-2;/h8,10-11,15-16,21-22H,7,9,12-14H2,1-6H3,(H,32,40);3,5-6,10-11,16-17H,4,7-9H2,1-2H3,(H,24,32);4-6,10,15-16H,3,7-9H2,1-2H3,(H,23,30);4H,2-3H2,1H3;1H3;1H4/t16-,21+,22-;11-,16+,17-;15-,16+;4-;;/m0011../s1/i;;;;1D;. The van der Waals surface area contributed by atoms with Crippen molar-refractivity contribution in [3.05, 3.63) is 135 Å². The number of aromatic nitrogens is 12. The van der Waals surface area contributed by atoms with E-state index in [1.165, 1.54) is 71.1 Å². The molecule has 8 aliphatic rings. The van der Waals surface area contributed by atoms with E-state index in [1.54, 1.807) is 88.7 Å². The Morgan fingerprint density at radius 2 is 1.15 bits per heavy atom. The molecule has 2 bridgehead atoms. The number of alkyl halides is 1. The fourth-order valence-electron chi connectivity index (χ4n) is 14.8. The molecule has 654 valence electrons. The minimum Gasteiger partial charge on any atom is -0.481 e. The van der Waals surface area contributed by atoms with Gasteiger partial charge in [-0.1, -0.05) is 7.43 Å². The molecule has 44 heteroatoms. The van der Waals surface area contributed by atoms with Gasteiger partial charge < -0.3 is 82.9 Å². The lowest BCUT2D eigenvalue weighted by Gasteiger charge is -2.38. The molecule has 0 radical (unpaired) electrons. The number of aromatic amines is 1. The number of carbonyl (C=O) groups is 7. The largest absolute Gasteiger partial charge is 0.481 e. The molecule has 9 aromatic rings. The van der Waals surface area contributed by atoms with Gasteiger partial charge in [0, 0.05) is 63.3 Å². The number of halogens is 4. The Kier molecular flexibility index (Phi) is 26.2. The van der Waals surface area contributed by atoms with Crippen LogP contribution in [-0.4, -0.2) is 262 Å². The van der Waals surface area contributed by atoms with Crippen LogP contribution in [0.15, 0.2) is 78.8 Å². The van der Waals surface area contributed by atoms with E-state index >= 15 is 0 Å². The number of ether oxygens (including phenoxy) is 8. The van der Waals surface area contributed by atoms with Crippen molar-refractivity contribution in [2.45, 2.75) is 170 Å². The predicted octanol–water partition coefficient (Wildman–Crippen LogP) is 5.58. The molecule has 0 spiro atoms. The molecular weight excluding hydrogens is 1630 g/mol. The van der Waals surface area contributed by atoms with Gasteiger partial charge in [0.05, 0.1) is 154 Å². The third-order valence-corrected chi connectivity index (χ3v) is 21.8. The normalized spacial score (nSPS) is 20.9. The van der Waals surface area contributed by atoms with Crippen LogP contribution in [0.5, 0.6) is 29.0 Å². The molecule has 3 N–H and O–H groups in total. The number of amides is 5. The van der Waals surface area contributed by atoms with Gasteiger partial charge in [0.15, 0.2) is 51.6 Å². The zero-order valence-corrected chi connectivity index (χ0v) is 68.5. The summed E-state index contributed by atoms with van der Waals surface area (Å²) in [6.07, 6.45) is 10.1. The van der Waals surface area contributed by atoms with Gasteiger partial charge in [-0.05, 0) is 80.0 Å². The van der Waals surface area contributed by atoms with Crippen molar-refractivity contribution < 1.29 is 103 Å². The number of esters is 2. The Morgan fingerprint density at radius 1 is 0.656 bits per heavy atom. The SMILES string of the molecule is C.CC(=O)N1C[C@@H]2Oc3cn4ncc5c4nc3N(Cc3cc(F)cnc3O[C@@H](C)CNC5=O)[C@@H]2C1.CCOC(=O)c1cnn2cc3c(nc12)N(Cc1cc(F)c[nH]c1=O)[C@@H]1CN(C(C)=O)C[C@@H]1O3.CCOC(=O)c1cnn2cc3c(nc12)N(Cc1cc(F)cnc1O[C@@H](C)CNC(=O)OC(C)(C)C)[C@@H]1CN(C(C)=O)C[C@@H]1O3.C[C@@H]1CCS(=O)(=O)O1.[2H]CF. The van der Waals surface area contributed by atoms with Crippen molar-refractivity contribution in [2.24, 2.45) is 0 Å². The monoisotopic (exact) mass is 1720 g/mol. The fourth-order valence-corrected chi connectivity index (χ4v) is 16.1. The Balaban J connectivity index is 0.000000159. The average Bonchev–Trinajstić information content (AvgIpc) is 1.65. The van der Waals surface area contributed by atoms with Crippen molar-refractivity contribution >= 4 is 86.2 Å². The molecule has 4 fully saturated rings. The number of anilines is 3. The molecule has 17 heterocycles. The summed E-state index contributed by atoms with van der Waals surface area (Å²) in [6.45, 7) is 21.8. The topological polar surface area (TPSA) is 429 Å². The molecule has 39 nitrogen and oxygen atoms in total. The minimum atomic E-state index is -3.10. The van der Waals surface area contributed by atoms with E-state index in [4.69, 9.17) is 49.2 Å². The number of alkyl carbamates (subject to hydrolysis) is 1. The maximum Gasteiger partial charge on any atom is 0.407 e. The number of fused-ring (bicyclic) bond motifs is 9. The molecule has 17 rings (SSSR count). The van der Waals surface area contributed by atoms with Gasteiger partial charge in [-0.15, -0.1) is 0 Å². The van der Waals surface area contributed by atoms with Crippen LogP contribution in [0.4, 0.5) is 39.8 Å². The number of carbonyl (C=O) groups excluding carboxylic acids is 7. The maximum atomic E-state index is 14.6. The molecule has 0 aromatic carbocycles. The lowest BCUT2D eigenvalue weighted by atomic mass is 10.1. The minimum absolute atomic E-state index is 0. The van der Waals surface area contributed by atoms with Crippen LogP contribution in [0.1, 0.15) is 139 Å². The summed E-state index contributed by atoms with van der Waals surface area (Å²) in [5.74, 6) is -0.308. The molecule has 5 amide bonds. The Labute approximate surface area is 697 Å². The molecule has 4 saturated heterocycles. The third kappa shape index (κ3) is 19.5. The fraction of sp³-hybridized carbons (Fsp3) is 0.487. The van der Waals surface area contributed by atoms with Crippen LogP contribution in [0.25, 0.3) is 16.9 Å². The Morgan fingerprint density at radius 3 is 1.66 bits per heavy atom. The molecule has 9 atom stereocenters. The summed E-state index contributed by atoms with van der Waals surface area (Å²) in [6, 6.07) is 2.97. The summed E-state index contributed by atoms with van der Waals surface area (Å²) < 4.78 is 134. The molecule has 122 heavy (non-hydrogen) atoms. The highest BCUT2D eigenvalue weighted by atomic mass is 32.2. The Bertz CT molecular complexity index is 5660. The summed E-state index contributed by atoms with van der Waals surface area (Å²) in [4.78, 5) is 134. The van der Waals surface area contributed by atoms with Crippen molar-refractivity contribution in [3.63, 3.8) is 0 Å². The molecule has 0 saturated carbocycles. The smallest absolute Gasteiger partial charge is 0.407 e. The van der Waals surface area contributed by atoms with E-state index < -0.39 is 82.2 Å². The lowest BCUT2D eigenvalue weighted by Crippen LogP contribution is -2.49. The highest BCUT2D eigenvalue weighted by Crippen LogP contribution is 2.44. The van der Waals surface area contributed by atoms with Crippen molar-refractivity contribution in [1.29, 1.82) is 0 Å². The number of nitrogens with zero attached hydrogens (tertiary/aromatic N) is 17. The quantitative estimate of drug-likeness (QED) is 0.0581.